The van der Waals surface area contributed by atoms with E-state index in [0.29, 0.717) is 19.4 Å². The first-order valence-electron chi connectivity index (χ1n) is 13.3. The third-order valence-corrected chi connectivity index (χ3v) is 6.52. The van der Waals surface area contributed by atoms with Gasteiger partial charge in [-0.15, -0.1) is 0 Å². The number of nitrogens with zero attached hydrogens (tertiary/aromatic N) is 1. The summed E-state index contributed by atoms with van der Waals surface area (Å²) in [4.78, 5) is 0. The van der Waals surface area contributed by atoms with E-state index in [-0.39, 0.29) is 0 Å². The maximum Gasteiger partial charge on any atom is 0.167 e. The van der Waals surface area contributed by atoms with Gasteiger partial charge < -0.3 is 20.4 Å². The van der Waals surface area contributed by atoms with Crippen molar-refractivity contribution in [1.29, 1.82) is 0 Å². The third-order valence-electron chi connectivity index (χ3n) is 6.52. The molecule has 182 valence electrons. The predicted octanol–water partition coefficient (Wildman–Crippen LogP) is 6.13. The molecule has 0 aliphatic rings. The van der Waals surface area contributed by atoms with E-state index < -0.39 is 5.79 Å². The van der Waals surface area contributed by atoms with E-state index in [0.717, 1.165) is 36.8 Å². The van der Waals surface area contributed by atoms with E-state index in [4.69, 9.17) is 5.73 Å². The first kappa shape index (κ1) is 29.8. The summed E-state index contributed by atoms with van der Waals surface area (Å²) in [5, 5.41) is 20.5. The van der Waals surface area contributed by atoms with Crippen LogP contribution in [-0.2, 0) is 0 Å². The fraction of sp³-hybridized carbons (Fsp3) is 1.00. The minimum absolute atomic E-state index is 0.448. The molecule has 0 aliphatic carbocycles. The predicted molar refractivity (Wildman–Crippen MR) is 131 cm³/mol. The summed E-state index contributed by atoms with van der Waals surface area (Å²) in [7, 11) is 4.28. The average Bonchev–Trinajstić information content (AvgIpc) is 2.71. The Hall–Kier alpha value is -0.160. The Labute approximate surface area is 189 Å². The monoisotopic (exact) mass is 429 g/mol. The molecule has 30 heavy (non-hydrogen) atoms. The zero-order valence-electron chi connectivity index (χ0n) is 21.0. The Bertz CT molecular complexity index is 359. The Morgan fingerprint density at radius 3 is 1.37 bits per heavy atom. The van der Waals surface area contributed by atoms with Crippen LogP contribution in [0.4, 0.5) is 0 Å². The molecule has 0 atom stereocenters. The lowest BCUT2D eigenvalue weighted by Crippen LogP contribution is -2.45. The van der Waals surface area contributed by atoms with Crippen LogP contribution < -0.4 is 5.73 Å². The van der Waals surface area contributed by atoms with Gasteiger partial charge in [0.1, 0.15) is 0 Å². The summed E-state index contributed by atoms with van der Waals surface area (Å²) in [6.07, 6.45) is 23.4. The zero-order valence-corrected chi connectivity index (χ0v) is 21.0. The molecule has 0 aromatic rings. The highest BCUT2D eigenvalue weighted by Gasteiger charge is 2.26. The molecular weight excluding hydrogens is 372 g/mol. The summed E-state index contributed by atoms with van der Waals surface area (Å²) in [5.41, 5.74) is 5.58. The molecule has 4 heteroatoms. The van der Waals surface area contributed by atoms with E-state index in [9.17, 15) is 10.2 Å². The molecule has 0 spiro atoms. The van der Waals surface area contributed by atoms with Gasteiger partial charge in [0.05, 0.1) is 33.6 Å². The molecule has 0 rings (SSSR count). The lowest BCUT2D eigenvalue weighted by molar-refractivity contribution is -0.891. The lowest BCUT2D eigenvalue weighted by Gasteiger charge is -2.32. The zero-order chi connectivity index (χ0) is 22.6. The normalized spacial score (nSPS) is 12.6. The van der Waals surface area contributed by atoms with Crippen LogP contribution in [0.15, 0.2) is 0 Å². The van der Waals surface area contributed by atoms with Crippen LogP contribution in [-0.4, -0.2) is 54.2 Å². The van der Waals surface area contributed by atoms with Gasteiger partial charge in [-0.1, -0.05) is 103 Å². The second kappa shape index (κ2) is 19.5. The van der Waals surface area contributed by atoms with Crippen LogP contribution >= 0.6 is 0 Å². The van der Waals surface area contributed by atoms with Crippen LogP contribution in [0.5, 0.6) is 0 Å². The van der Waals surface area contributed by atoms with Crippen molar-refractivity contribution < 1.29 is 14.7 Å². The van der Waals surface area contributed by atoms with Crippen molar-refractivity contribution in [3.63, 3.8) is 0 Å². The Balaban J connectivity index is 3.42. The molecule has 0 aliphatic heterocycles. The fourth-order valence-electron chi connectivity index (χ4n) is 4.19. The molecule has 4 N–H and O–H groups in total. The van der Waals surface area contributed by atoms with Crippen LogP contribution in [0.1, 0.15) is 129 Å². The number of aliphatic hydroxyl groups is 2. The van der Waals surface area contributed by atoms with E-state index in [1.807, 2.05) is 0 Å². The van der Waals surface area contributed by atoms with Crippen molar-refractivity contribution in [2.45, 2.75) is 135 Å². The molecule has 0 saturated carbocycles. The molecule has 0 aromatic carbocycles. The molecule has 0 unspecified atom stereocenters. The number of unbranched alkanes of at least 4 members (excludes halogenated alkanes) is 15. The van der Waals surface area contributed by atoms with Crippen molar-refractivity contribution in [3.05, 3.63) is 0 Å². The van der Waals surface area contributed by atoms with Gasteiger partial charge in [-0.05, 0) is 13.0 Å². The second-order valence-corrected chi connectivity index (χ2v) is 10.3. The third kappa shape index (κ3) is 21.1. The minimum atomic E-state index is -1.51. The van der Waals surface area contributed by atoms with E-state index in [1.54, 1.807) is 0 Å². The number of rotatable bonds is 23. The van der Waals surface area contributed by atoms with Gasteiger partial charge in [-0.3, -0.25) is 0 Å². The number of hydrogen-bond donors (Lipinski definition) is 3. The fourth-order valence-corrected chi connectivity index (χ4v) is 4.19. The Morgan fingerprint density at radius 1 is 0.567 bits per heavy atom. The molecule has 0 heterocycles. The minimum Gasteiger partial charge on any atom is -0.365 e. The standard InChI is InChI=1S/C26H57N2O2/c1-4-5-6-7-8-9-10-11-12-13-14-15-16-17-18-19-21-26(29,30)22-25-28(2,3)24-20-23-27/h29-30H,4-25,27H2,1-3H3/q+1. The van der Waals surface area contributed by atoms with Gasteiger partial charge >= 0.3 is 0 Å². The SMILES string of the molecule is CCCCCCCCCCCCCCCCCCC(O)(O)CC[N+](C)(C)CCCN. The highest BCUT2D eigenvalue weighted by Crippen LogP contribution is 2.19. The largest absolute Gasteiger partial charge is 0.365 e. The summed E-state index contributed by atoms with van der Waals surface area (Å²) in [6.45, 7) is 4.75. The van der Waals surface area contributed by atoms with Crippen LogP contribution in [0, 0.1) is 0 Å². The van der Waals surface area contributed by atoms with Crippen LogP contribution in [0.2, 0.25) is 0 Å². The maximum atomic E-state index is 10.2. The molecule has 0 radical (unpaired) electrons. The van der Waals surface area contributed by atoms with Gasteiger partial charge in [-0.2, -0.15) is 0 Å². The van der Waals surface area contributed by atoms with Gasteiger partial charge in [0.25, 0.3) is 0 Å². The summed E-state index contributed by atoms with van der Waals surface area (Å²) in [6, 6.07) is 0. The first-order valence-corrected chi connectivity index (χ1v) is 13.3. The van der Waals surface area contributed by atoms with Crippen molar-refractivity contribution in [1.82, 2.24) is 0 Å². The van der Waals surface area contributed by atoms with E-state index >= 15 is 0 Å². The number of hydrogen-bond acceptors (Lipinski definition) is 3. The number of quaternary nitrogens is 1. The van der Waals surface area contributed by atoms with Gasteiger partial charge in [-0.25, -0.2) is 0 Å². The average molecular weight is 430 g/mol. The maximum absolute atomic E-state index is 10.2. The summed E-state index contributed by atoms with van der Waals surface area (Å²) in [5.74, 6) is -1.51. The van der Waals surface area contributed by atoms with Gasteiger partial charge in [0.15, 0.2) is 5.79 Å². The molecule has 4 nitrogen and oxygen atoms in total. The first-order chi connectivity index (χ1) is 14.3. The quantitative estimate of drug-likeness (QED) is 0.104. The van der Waals surface area contributed by atoms with Gasteiger partial charge in [0, 0.05) is 12.8 Å². The molecule has 0 aromatic heterocycles. The highest BCUT2D eigenvalue weighted by molar-refractivity contribution is 4.65. The van der Waals surface area contributed by atoms with Gasteiger partial charge in [0.2, 0.25) is 0 Å². The van der Waals surface area contributed by atoms with E-state index in [1.165, 1.54) is 89.9 Å². The molecule has 0 amide bonds. The van der Waals surface area contributed by atoms with Crippen LogP contribution in [0.25, 0.3) is 0 Å². The van der Waals surface area contributed by atoms with Crippen molar-refractivity contribution in [2.24, 2.45) is 5.73 Å². The van der Waals surface area contributed by atoms with Crippen LogP contribution in [0.3, 0.4) is 0 Å². The topological polar surface area (TPSA) is 66.5 Å². The highest BCUT2D eigenvalue weighted by atomic mass is 16.5. The summed E-state index contributed by atoms with van der Waals surface area (Å²) < 4.78 is 0.805. The molecular formula is C26H57N2O2+. The Morgan fingerprint density at radius 2 is 0.967 bits per heavy atom. The number of nitrogens with two attached hydrogens (primary N) is 1. The second-order valence-electron chi connectivity index (χ2n) is 10.3. The molecule has 0 bridgehead atoms. The molecule has 0 saturated heterocycles. The molecule has 0 fully saturated rings. The van der Waals surface area contributed by atoms with Crippen molar-refractivity contribution in [3.8, 4) is 0 Å². The van der Waals surface area contributed by atoms with Crippen molar-refractivity contribution >= 4 is 0 Å². The van der Waals surface area contributed by atoms with E-state index in [2.05, 4.69) is 21.0 Å². The Kier molecular flexibility index (Phi) is 19.4. The van der Waals surface area contributed by atoms with Crippen molar-refractivity contribution in [2.75, 3.05) is 33.7 Å². The summed E-state index contributed by atoms with van der Waals surface area (Å²) >= 11 is 0. The lowest BCUT2D eigenvalue weighted by atomic mass is 10.0. The smallest absolute Gasteiger partial charge is 0.167 e.